The number of thiazole rings is 1. The highest BCUT2D eigenvalue weighted by atomic mass is 32.1. The van der Waals surface area contributed by atoms with Crippen LogP contribution in [0.25, 0.3) is 10.2 Å². The van der Waals surface area contributed by atoms with E-state index >= 15 is 0 Å². The minimum Gasteiger partial charge on any atom is -0.486 e. The first kappa shape index (κ1) is 16.8. The van der Waals surface area contributed by atoms with Crippen LogP contribution in [0.1, 0.15) is 9.80 Å². The quantitative estimate of drug-likeness (QED) is 0.574. The molecule has 5 rings (SSSR count). The lowest BCUT2D eigenvalue weighted by Crippen LogP contribution is -2.33. The van der Waals surface area contributed by atoms with E-state index in [4.69, 9.17) is 9.47 Å². The second-order valence-electron chi connectivity index (χ2n) is 6.39. The van der Waals surface area contributed by atoms with E-state index in [9.17, 15) is 4.79 Å². The third kappa shape index (κ3) is 3.29. The van der Waals surface area contributed by atoms with E-state index in [0.29, 0.717) is 23.8 Å². The number of nitrogens with one attached hydrogen (secondary N) is 1. The minimum absolute atomic E-state index is 0.150. The van der Waals surface area contributed by atoms with Crippen molar-refractivity contribution in [3.63, 3.8) is 0 Å². The monoisotopic (exact) mass is 392 g/mol. The zero-order valence-electron chi connectivity index (χ0n) is 14.7. The Balaban J connectivity index is 1.24. The molecule has 0 fully saturated rings. The number of hydrogen-bond donors (Lipinski definition) is 1. The largest absolute Gasteiger partial charge is 0.486 e. The number of carbonyl (C=O) groups excluding carboxylic acids is 1. The third-order valence-electron chi connectivity index (χ3n) is 4.34. The van der Waals surface area contributed by atoms with E-state index < -0.39 is 0 Å². The van der Waals surface area contributed by atoms with Gasteiger partial charge in [-0.2, -0.15) is 5.10 Å². The number of anilines is 1. The van der Waals surface area contributed by atoms with Crippen molar-refractivity contribution in [1.29, 1.82) is 0 Å². The molecule has 1 unspecified atom stereocenters. The summed E-state index contributed by atoms with van der Waals surface area (Å²) in [7, 11) is 0. The Morgan fingerprint density at radius 3 is 2.89 bits per heavy atom. The molecule has 8 heteroatoms. The fraction of sp³-hybridized carbons (Fsp3) is 0.150. The van der Waals surface area contributed by atoms with E-state index in [-0.39, 0.29) is 12.0 Å². The van der Waals surface area contributed by atoms with Gasteiger partial charge in [0.15, 0.2) is 22.6 Å². The van der Waals surface area contributed by atoms with Crippen LogP contribution in [-0.2, 0) is 6.54 Å². The van der Waals surface area contributed by atoms with Gasteiger partial charge in [-0.3, -0.25) is 9.48 Å². The van der Waals surface area contributed by atoms with Crippen LogP contribution < -0.4 is 14.8 Å². The van der Waals surface area contributed by atoms with Crippen LogP contribution >= 0.6 is 11.3 Å². The molecule has 2 aromatic heterocycles. The van der Waals surface area contributed by atoms with Gasteiger partial charge in [0.1, 0.15) is 6.61 Å². The van der Waals surface area contributed by atoms with Gasteiger partial charge in [-0.15, -0.1) is 11.3 Å². The highest BCUT2D eigenvalue weighted by Crippen LogP contribution is 2.31. The van der Waals surface area contributed by atoms with Gasteiger partial charge < -0.3 is 14.8 Å². The SMILES string of the molecule is O=C(Nc1cnn(CC2COc3ccccc3O2)c1)c1nc2ccccc2s1. The molecule has 0 saturated carbocycles. The Hall–Kier alpha value is -3.39. The molecule has 0 saturated heterocycles. The van der Waals surface area contributed by atoms with Gasteiger partial charge >= 0.3 is 0 Å². The van der Waals surface area contributed by atoms with Crippen molar-refractivity contribution in [2.45, 2.75) is 12.6 Å². The molecule has 0 aliphatic carbocycles. The Kier molecular flexibility index (Phi) is 4.17. The summed E-state index contributed by atoms with van der Waals surface area (Å²) in [5, 5.41) is 7.58. The van der Waals surface area contributed by atoms with E-state index in [1.54, 1.807) is 17.1 Å². The van der Waals surface area contributed by atoms with E-state index in [1.807, 2.05) is 48.5 Å². The molecule has 7 nitrogen and oxygen atoms in total. The van der Waals surface area contributed by atoms with Crippen LogP contribution in [-0.4, -0.2) is 33.4 Å². The lowest BCUT2D eigenvalue weighted by molar-refractivity contribution is 0.0759. The first-order valence-corrected chi connectivity index (χ1v) is 9.64. The van der Waals surface area contributed by atoms with Crippen LogP contribution in [0, 0.1) is 0 Å². The van der Waals surface area contributed by atoms with Gasteiger partial charge in [0.05, 0.1) is 28.6 Å². The number of benzene rings is 2. The highest BCUT2D eigenvalue weighted by molar-refractivity contribution is 7.20. The standard InChI is InChI=1S/C20H16N4O3S/c25-19(20-23-15-5-1-4-8-18(15)28-20)22-13-9-21-24(10-13)11-14-12-26-16-6-2-3-7-17(16)27-14/h1-10,14H,11-12H2,(H,22,25). The maximum atomic E-state index is 12.5. The van der Waals surface area contributed by atoms with Crippen molar-refractivity contribution in [2.24, 2.45) is 0 Å². The van der Waals surface area contributed by atoms with Crippen LogP contribution in [0.15, 0.2) is 60.9 Å². The van der Waals surface area contributed by atoms with Gasteiger partial charge in [0.2, 0.25) is 0 Å². The summed E-state index contributed by atoms with van der Waals surface area (Å²) in [4.78, 5) is 16.8. The maximum absolute atomic E-state index is 12.5. The molecule has 1 amide bonds. The van der Waals surface area contributed by atoms with Crippen molar-refractivity contribution >= 4 is 33.1 Å². The van der Waals surface area contributed by atoms with Crippen LogP contribution in [0.4, 0.5) is 5.69 Å². The van der Waals surface area contributed by atoms with Gasteiger partial charge in [-0.25, -0.2) is 4.98 Å². The van der Waals surface area contributed by atoms with Crippen molar-refractivity contribution in [3.05, 3.63) is 65.9 Å². The molecular weight excluding hydrogens is 376 g/mol. The molecule has 1 aliphatic heterocycles. The second kappa shape index (κ2) is 6.97. The van der Waals surface area contributed by atoms with Gasteiger partial charge in [-0.1, -0.05) is 24.3 Å². The lowest BCUT2D eigenvalue weighted by atomic mass is 10.2. The number of ether oxygens (including phenoxy) is 2. The molecule has 1 N–H and O–H groups in total. The molecule has 0 bridgehead atoms. The highest BCUT2D eigenvalue weighted by Gasteiger charge is 2.21. The number of fused-ring (bicyclic) bond motifs is 2. The average Bonchev–Trinajstić information content (AvgIpc) is 3.34. The fourth-order valence-electron chi connectivity index (χ4n) is 3.04. The second-order valence-corrected chi connectivity index (χ2v) is 7.42. The Morgan fingerprint density at radius 2 is 2.00 bits per heavy atom. The molecule has 0 spiro atoms. The van der Waals surface area contributed by atoms with E-state index in [0.717, 1.165) is 21.7 Å². The lowest BCUT2D eigenvalue weighted by Gasteiger charge is -2.26. The van der Waals surface area contributed by atoms with E-state index in [2.05, 4.69) is 15.4 Å². The number of amides is 1. The number of rotatable bonds is 4. The number of carbonyl (C=O) groups is 1. The molecule has 1 atom stereocenters. The van der Waals surface area contributed by atoms with Crippen LogP contribution in [0.5, 0.6) is 11.5 Å². The summed E-state index contributed by atoms with van der Waals surface area (Å²) in [6.07, 6.45) is 3.24. The summed E-state index contributed by atoms with van der Waals surface area (Å²) in [5.74, 6) is 1.24. The van der Waals surface area contributed by atoms with Gasteiger partial charge in [0.25, 0.3) is 5.91 Å². The molecular formula is C20H16N4O3S. The normalized spacial score (nSPS) is 15.5. The molecule has 4 aromatic rings. The average molecular weight is 392 g/mol. The molecule has 1 aliphatic rings. The predicted octanol–water partition coefficient (Wildman–Crippen LogP) is 3.59. The van der Waals surface area contributed by atoms with Crippen molar-refractivity contribution in [3.8, 4) is 11.5 Å². The molecule has 3 heterocycles. The fourth-order valence-corrected chi connectivity index (χ4v) is 3.90. The van der Waals surface area contributed by atoms with Crippen LogP contribution in [0.3, 0.4) is 0 Å². The summed E-state index contributed by atoms with van der Waals surface area (Å²) < 4.78 is 14.4. The number of nitrogens with zero attached hydrogens (tertiary/aromatic N) is 3. The minimum atomic E-state index is -0.244. The summed E-state index contributed by atoms with van der Waals surface area (Å²) in [6.45, 7) is 0.968. The van der Waals surface area contributed by atoms with Crippen molar-refractivity contribution in [1.82, 2.24) is 14.8 Å². The molecule has 0 radical (unpaired) electrons. The Morgan fingerprint density at radius 1 is 1.18 bits per heavy atom. The third-order valence-corrected chi connectivity index (χ3v) is 5.37. The number of aromatic nitrogens is 3. The zero-order valence-corrected chi connectivity index (χ0v) is 15.6. The zero-order chi connectivity index (χ0) is 18.9. The van der Waals surface area contributed by atoms with Crippen molar-refractivity contribution in [2.75, 3.05) is 11.9 Å². The summed E-state index contributed by atoms with van der Waals surface area (Å²) >= 11 is 1.37. The predicted molar refractivity (Wildman–Crippen MR) is 106 cm³/mol. The number of hydrogen-bond acceptors (Lipinski definition) is 6. The summed E-state index contributed by atoms with van der Waals surface area (Å²) in [5.41, 5.74) is 1.43. The smallest absolute Gasteiger partial charge is 0.284 e. The first-order chi connectivity index (χ1) is 13.7. The first-order valence-electron chi connectivity index (χ1n) is 8.82. The van der Waals surface area contributed by atoms with Crippen molar-refractivity contribution < 1.29 is 14.3 Å². The summed E-state index contributed by atoms with van der Waals surface area (Å²) in [6, 6.07) is 15.3. The molecule has 28 heavy (non-hydrogen) atoms. The van der Waals surface area contributed by atoms with Crippen LogP contribution in [0.2, 0.25) is 0 Å². The Labute approximate surface area is 164 Å². The molecule has 2 aromatic carbocycles. The number of para-hydroxylation sites is 3. The van der Waals surface area contributed by atoms with Gasteiger partial charge in [0, 0.05) is 6.20 Å². The van der Waals surface area contributed by atoms with Gasteiger partial charge in [-0.05, 0) is 24.3 Å². The topological polar surface area (TPSA) is 78.3 Å². The molecule has 140 valence electrons. The Bertz CT molecular complexity index is 1120. The maximum Gasteiger partial charge on any atom is 0.284 e. The van der Waals surface area contributed by atoms with E-state index in [1.165, 1.54) is 11.3 Å².